The molecule has 2 aromatic carbocycles. The Morgan fingerprint density at radius 3 is 2.68 bits per heavy atom. The van der Waals surface area contributed by atoms with Gasteiger partial charge in [-0.25, -0.2) is 14.4 Å². The van der Waals surface area contributed by atoms with Crippen molar-refractivity contribution in [3.8, 4) is 0 Å². The summed E-state index contributed by atoms with van der Waals surface area (Å²) in [6.45, 7) is 0.611. The molecule has 0 aliphatic rings. The highest BCUT2D eigenvalue weighted by Gasteiger charge is 2.16. The number of aryl methyl sites for hydroxylation is 1. The van der Waals surface area contributed by atoms with Gasteiger partial charge in [0.2, 0.25) is 0 Å². The van der Waals surface area contributed by atoms with Crippen molar-refractivity contribution in [2.75, 3.05) is 11.9 Å². The van der Waals surface area contributed by atoms with Gasteiger partial charge in [-0.15, -0.1) is 0 Å². The molecule has 0 unspecified atom stereocenters. The van der Waals surface area contributed by atoms with E-state index < -0.39 is 4.92 Å². The van der Waals surface area contributed by atoms with E-state index >= 15 is 0 Å². The predicted octanol–water partition coefficient (Wildman–Crippen LogP) is 4.38. The van der Waals surface area contributed by atoms with Crippen LogP contribution in [0.2, 0.25) is 5.02 Å². The average Bonchev–Trinajstić information content (AvgIpc) is 2.59. The fraction of sp³-hybridized carbons (Fsp3) is 0.176. The molecule has 8 heteroatoms. The summed E-state index contributed by atoms with van der Waals surface area (Å²) in [5, 5.41) is 14.8. The Morgan fingerprint density at radius 2 is 1.96 bits per heavy atom. The largest absolute Gasteiger partial charge is 0.369 e. The first-order valence-corrected chi connectivity index (χ1v) is 7.99. The molecule has 0 saturated carbocycles. The summed E-state index contributed by atoms with van der Waals surface area (Å²) < 4.78 is 12.9. The lowest BCUT2D eigenvalue weighted by molar-refractivity contribution is -0.384. The second-order valence-corrected chi connectivity index (χ2v) is 5.86. The van der Waals surface area contributed by atoms with Gasteiger partial charge in [0.15, 0.2) is 0 Å². The van der Waals surface area contributed by atoms with Crippen molar-refractivity contribution in [2.45, 2.75) is 12.8 Å². The molecule has 0 bridgehead atoms. The monoisotopic (exact) mass is 360 g/mol. The highest BCUT2D eigenvalue weighted by atomic mass is 35.5. The van der Waals surface area contributed by atoms with Crippen LogP contribution >= 0.6 is 11.6 Å². The normalized spacial score (nSPS) is 10.8. The highest BCUT2D eigenvalue weighted by molar-refractivity contribution is 6.33. The summed E-state index contributed by atoms with van der Waals surface area (Å²) in [7, 11) is 0. The third kappa shape index (κ3) is 4.00. The average molecular weight is 361 g/mol. The summed E-state index contributed by atoms with van der Waals surface area (Å²) >= 11 is 5.91. The van der Waals surface area contributed by atoms with E-state index in [1.54, 1.807) is 12.1 Å². The van der Waals surface area contributed by atoms with Gasteiger partial charge >= 0.3 is 0 Å². The highest BCUT2D eigenvalue weighted by Crippen LogP contribution is 2.31. The number of nitrogens with one attached hydrogen (secondary N) is 1. The van der Waals surface area contributed by atoms with Gasteiger partial charge in [-0.3, -0.25) is 10.1 Å². The molecule has 0 aliphatic carbocycles. The third-order valence-electron chi connectivity index (χ3n) is 3.75. The van der Waals surface area contributed by atoms with Crippen LogP contribution in [0.15, 0.2) is 42.7 Å². The molecule has 25 heavy (non-hydrogen) atoms. The predicted molar refractivity (Wildman–Crippen MR) is 94.4 cm³/mol. The van der Waals surface area contributed by atoms with Crippen molar-refractivity contribution in [3.05, 3.63) is 69.2 Å². The molecule has 6 nitrogen and oxygen atoms in total. The van der Waals surface area contributed by atoms with Gasteiger partial charge in [-0.05, 0) is 36.6 Å². The summed E-state index contributed by atoms with van der Waals surface area (Å²) in [5.41, 5.74) is 1.39. The van der Waals surface area contributed by atoms with Crippen molar-refractivity contribution in [1.29, 1.82) is 0 Å². The Morgan fingerprint density at radius 1 is 1.20 bits per heavy atom. The summed E-state index contributed by atoms with van der Waals surface area (Å²) in [4.78, 5) is 18.8. The van der Waals surface area contributed by atoms with Gasteiger partial charge in [-0.2, -0.15) is 0 Å². The fourth-order valence-electron chi connectivity index (χ4n) is 2.50. The fourth-order valence-corrected chi connectivity index (χ4v) is 2.72. The van der Waals surface area contributed by atoms with E-state index in [1.807, 2.05) is 0 Å². The number of halogens is 2. The number of fused-ring (bicyclic) bond motifs is 1. The molecule has 0 radical (unpaired) electrons. The number of hydrogen-bond acceptors (Lipinski definition) is 5. The number of benzene rings is 2. The molecule has 0 fully saturated rings. The minimum atomic E-state index is -0.535. The van der Waals surface area contributed by atoms with Gasteiger partial charge in [0.05, 0.1) is 10.4 Å². The first-order valence-electron chi connectivity index (χ1n) is 7.61. The number of anilines is 1. The van der Waals surface area contributed by atoms with E-state index in [9.17, 15) is 14.5 Å². The first kappa shape index (κ1) is 17.0. The van der Waals surface area contributed by atoms with Crippen molar-refractivity contribution in [2.24, 2.45) is 0 Å². The molecule has 0 atom stereocenters. The Bertz CT molecular complexity index is 918. The van der Waals surface area contributed by atoms with Crippen LogP contribution in [0.5, 0.6) is 0 Å². The summed E-state index contributed by atoms with van der Waals surface area (Å²) in [6, 6.07) is 9.20. The minimum absolute atomic E-state index is 0.0402. The van der Waals surface area contributed by atoms with Crippen LogP contribution in [0, 0.1) is 15.9 Å². The van der Waals surface area contributed by atoms with Gasteiger partial charge in [0.25, 0.3) is 5.69 Å². The molecule has 0 spiro atoms. The summed E-state index contributed by atoms with van der Waals surface area (Å²) in [6.07, 6.45) is 2.96. The maximum Gasteiger partial charge on any atom is 0.288 e. The molecule has 3 aromatic rings. The van der Waals surface area contributed by atoms with Crippen molar-refractivity contribution in [3.63, 3.8) is 0 Å². The second kappa shape index (κ2) is 7.40. The van der Waals surface area contributed by atoms with Crippen LogP contribution in [-0.2, 0) is 6.42 Å². The molecule has 1 N–H and O–H groups in total. The van der Waals surface area contributed by atoms with Crippen molar-refractivity contribution >= 4 is 34.0 Å². The van der Waals surface area contributed by atoms with Crippen LogP contribution in [0.25, 0.3) is 10.9 Å². The van der Waals surface area contributed by atoms with E-state index in [2.05, 4.69) is 15.3 Å². The molecule has 0 aliphatic heterocycles. The van der Waals surface area contributed by atoms with Crippen LogP contribution in [0.1, 0.15) is 12.0 Å². The van der Waals surface area contributed by atoms with Crippen LogP contribution in [0.4, 0.5) is 15.9 Å². The lowest BCUT2D eigenvalue weighted by Crippen LogP contribution is -2.06. The standard InChI is InChI=1S/C17H14ClFN4O2/c18-14-9-15-13(8-16(14)23(24)25)17(22-10-21-15)20-7-1-2-11-3-5-12(19)6-4-11/h3-6,8-10H,1-2,7H2,(H,20,21,22). The lowest BCUT2D eigenvalue weighted by Gasteiger charge is -2.09. The van der Waals surface area contributed by atoms with Crippen molar-refractivity contribution < 1.29 is 9.31 Å². The molecular formula is C17H14ClFN4O2. The van der Waals surface area contributed by atoms with Gasteiger partial charge in [-0.1, -0.05) is 23.7 Å². The van der Waals surface area contributed by atoms with E-state index in [1.165, 1.54) is 30.6 Å². The molecule has 1 heterocycles. The SMILES string of the molecule is O=[N+]([O-])c1cc2c(NCCCc3ccc(F)cc3)ncnc2cc1Cl. The zero-order valence-electron chi connectivity index (χ0n) is 13.1. The quantitative estimate of drug-likeness (QED) is 0.401. The lowest BCUT2D eigenvalue weighted by atomic mass is 10.1. The van der Waals surface area contributed by atoms with E-state index in [4.69, 9.17) is 11.6 Å². The number of hydrogen-bond donors (Lipinski definition) is 1. The van der Waals surface area contributed by atoms with Crippen LogP contribution in [0.3, 0.4) is 0 Å². The van der Waals surface area contributed by atoms with Crippen LogP contribution < -0.4 is 5.32 Å². The number of aromatic nitrogens is 2. The zero-order valence-corrected chi connectivity index (χ0v) is 13.8. The number of nitro groups is 1. The number of nitro benzene ring substituents is 1. The Balaban J connectivity index is 1.71. The van der Waals surface area contributed by atoms with E-state index in [-0.39, 0.29) is 16.5 Å². The van der Waals surface area contributed by atoms with E-state index in [0.717, 1.165) is 18.4 Å². The van der Waals surface area contributed by atoms with E-state index in [0.29, 0.717) is 23.3 Å². The topological polar surface area (TPSA) is 81.0 Å². The molecular weight excluding hydrogens is 347 g/mol. The first-order chi connectivity index (χ1) is 12.0. The maximum atomic E-state index is 12.9. The summed E-state index contributed by atoms with van der Waals surface area (Å²) in [5.74, 6) is 0.262. The Kier molecular flexibility index (Phi) is 5.04. The van der Waals surface area contributed by atoms with Crippen LogP contribution in [-0.4, -0.2) is 21.4 Å². The smallest absolute Gasteiger partial charge is 0.288 e. The third-order valence-corrected chi connectivity index (χ3v) is 4.05. The Hall–Kier alpha value is -2.80. The van der Waals surface area contributed by atoms with Gasteiger partial charge in [0, 0.05) is 18.0 Å². The molecule has 0 amide bonds. The molecule has 3 rings (SSSR count). The minimum Gasteiger partial charge on any atom is -0.369 e. The molecule has 0 saturated heterocycles. The van der Waals surface area contributed by atoms with Crippen molar-refractivity contribution in [1.82, 2.24) is 9.97 Å². The molecule has 128 valence electrons. The number of rotatable bonds is 6. The zero-order chi connectivity index (χ0) is 17.8. The number of nitrogens with zero attached hydrogens (tertiary/aromatic N) is 3. The van der Waals surface area contributed by atoms with Gasteiger partial charge in [0.1, 0.15) is 23.0 Å². The second-order valence-electron chi connectivity index (χ2n) is 5.46. The van der Waals surface area contributed by atoms with Gasteiger partial charge < -0.3 is 5.32 Å². The Labute approximate surface area is 147 Å². The molecule has 1 aromatic heterocycles. The maximum absolute atomic E-state index is 12.9.